The first-order chi connectivity index (χ1) is 22.5. The van der Waals surface area contributed by atoms with Gasteiger partial charge in [0.05, 0.1) is 10.3 Å². The van der Waals surface area contributed by atoms with E-state index in [1.54, 1.807) is 24.6 Å². The van der Waals surface area contributed by atoms with E-state index in [2.05, 4.69) is 10.3 Å². The van der Waals surface area contributed by atoms with Gasteiger partial charge < -0.3 is 10.2 Å². The number of hydrogen-bond acceptors (Lipinski definition) is 5. The Kier molecular flexibility index (Phi) is 9.83. The summed E-state index contributed by atoms with van der Waals surface area (Å²) in [5.41, 5.74) is 2.41. The highest BCUT2D eigenvalue weighted by molar-refractivity contribution is 8.03. The number of nitrogens with one attached hydrogen (secondary N) is 1. The molecule has 0 fully saturated rings. The lowest BCUT2D eigenvalue weighted by atomic mass is 9.84. The van der Waals surface area contributed by atoms with Crippen molar-refractivity contribution in [2.45, 2.75) is 24.8 Å². The predicted octanol–water partition coefficient (Wildman–Crippen LogP) is 9.23. The van der Waals surface area contributed by atoms with Crippen molar-refractivity contribution in [2.75, 3.05) is 17.3 Å². The monoisotopic (exact) mass is 648 g/mol. The Hall–Kier alpha value is -5.33. The van der Waals surface area contributed by atoms with Crippen molar-refractivity contribution in [3.63, 3.8) is 0 Å². The average Bonchev–Trinajstić information content (AvgIpc) is 3.08. The van der Waals surface area contributed by atoms with Crippen LogP contribution < -0.4 is 10.2 Å². The summed E-state index contributed by atoms with van der Waals surface area (Å²) in [6.07, 6.45) is -4.81. The number of benzene rings is 4. The van der Waals surface area contributed by atoms with Gasteiger partial charge in [0, 0.05) is 23.8 Å². The third kappa shape index (κ3) is 7.08. The van der Waals surface area contributed by atoms with Crippen molar-refractivity contribution in [1.82, 2.24) is 4.98 Å². The lowest BCUT2D eigenvalue weighted by Crippen LogP contribution is -2.31. The molecular weight excluding hydrogens is 618 g/mol. The number of pyridine rings is 1. The van der Waals surface area contributed by atoms with E-state index in [4.69, 9.17) is 0 Å². The fourth-order valence-corrected chi connectivity index (χ4v) is 6.64. The predicted molar refractivity (Wildman–Crippen MR) is 182 cm³/mol. The number of rotatable bonds is 9. The second kappa shape index (κ2) is 14.0. The van der Waals surface area contributed by atoms with Gasteiger partial charge in [-0.05, 0) is 54.3 Å². The Morgan fingerprint density at radius 3 is 1.83 bits per heavy atom. The second-order valence-electron chi connectivity index (χ2n) is 10.9. The van der Waals surface area contributed by atoms with Crippen LogP contribution in [-0.4, -0.2) is 17.9 Å². The van der Waals surface area contributed by atoms with Crippen molar-refractivity contribution in [3.8, 4) is 6.07 Å². The highest BCUT2D eigenvalue weighted by Gasteiger charge is 2.38. The van der Waals surface area contributed by atoms with E-state index in [1.165, 1.54) is 23.6 Å². The minimum atomic E-state index is -4.81. The molecule has 0 atom stereocenters. The number of amides is 1. The van der Waals surface area contributed by atoms with Gasteiger partial charge in [0.1, 0.15) is 23.1 Å². The van der Waals surface area contributed by atoms with E-state index >= 15 is 0 Å². The largest absolute Gasteiger partial charge is 0.417 e. The molecule has 0 saturated heterocycles. The molecule has 1 heterocycles. The number of thioether (sulfide) groups is 1. The summed E-state index contributed by atoms with van der Waals surface area (Å²) in [7, 11) is 1.59. The second-order valence-corrected chi connectivity index (χ2v) is 12.0. The summed E-state index contributed by atoms with van der Waals surface area (Å²) in [6.45, 7) is 3.31. The van der Waals surface area contributed by atoms with Gasteiger partial charge in [0.25, 0.3) is 5.91 Å². The minimum absolute atomic E-state index is 0.0394. The number of carbonyl (C=O) groups excluding carboxylic acids is 1. The van der Waals surface area contributed by atoms with Crippen molar-refractivity contribution in [2.24, 2.45) is 0 Å². The Balaban J connectivity index is 1.73. The number of aromatic nitrogens is 1. The van der Waals surface area contributed by atoms with E-state index in [9.17, 15) is 23.2 Å². The molecule has 0 unspecified atom stereocenters. The first-order valence-corrected chi connectivity index (χ1v) is 15.6. The van der Waals surface area contributed by atoms with E-state index < -0.39 is 28.0 Å². The van der Waals surface area contributed by atoms with E-state index in [1.807, 2.05) is 116 Å². The Morgan fingerprint density at radius 1 is 0.830 bits per heavy atom. The Bertz CT molecular complexity index is 1840. The first-order valence-electron chi connectivity index (χ1n) is 14.7. The minimum Gasteiger partial charge on any atom is -0.334 e. The Labute approximate surface area is 276 Å². The van der Waals surface area contributed by atoms with Gasteiger partial charge in [0.2, 0.25) is 0 Å². The lowest BCUT2D eigenvalue weighted by molar-refractivity contribution is -0.137. The third-order valence-corrected chi connectivity index (χ3v) is 9.05. The van der Waals surface area contributed by atoms with Crippen LogP contribution in [0.4, 0.5) is 24.7 Å². The fraction of sp³-hybridized carbons (Fsp3) is 0.132. The molecule has 0 spiro atoms. The van der Waals surface area contributed by atoms with E-state index in [0.717, 1.165) is 28.3 Å². The Morgan fingerprint density at radius 2 is 1.36 bits per heavy atom. The van der Waals surface area contributed by atoms with E-state index in [-0.39, 0.29) is 17.2 Å². The average molecular weight is 649 g/mol. The van der Waals surface area contributed by atoms with Crippen molar-refractivity contribution in [1.29, 1.82) is 5.26 Å². The van der Waals surface area contributed by atoms with Crippen molar-refractivity contribution in [3.05, 3.63) is 172 Å². The van der Waals surface area contributed by atoms with Crippen LogP contribution in [0.3, 0.4) is 0 Å². The highest BCUT2D eigenvalue weighted by Crippen LogP contribution is 2.49. The topological polar surface area (TPSA) is 69.0 Å². The standard InChI is InChI=1S/C38H31F3N4OS/c1-26-14-13-21-31(22-26)45(3)36(46)34(44-35-32(24-42)33(38(39,40)41)23-27(2)43-35)25-47-37(28-15-7-4-8-16-28,29-17-9-5-10-18-29)30-19-11-6-12-20-30/h4-23,25H,1-3H3,(H,43,44)/b34-25-. The maximum Gasteiger partial charge on any atom is 0.417 e. The number of nitrogens with zero attached hydrogens (tertiary/aromatic N) is 3. The lowest BCUT2D eigenvalue weighted by Gasteiger charge is -2.34. The van der Waals surface area contributed by atoms with Gasteiger partial charge in [-0.3, -0.25) is 4.79 Å². The van der Waals surface area contributed by atoms with Crippen LogP contribution in [0.25, 0.3) is 0 Å². The SMILES string of the molecule is Cc1cccc(N(C)C(=O)/C(=C/SC(c2ccccc2)(c2ccccc2)c2ccccc2)Nc2nc(C)cc(C(F)(F)F)c2C#N)c1. The molecule has 236 valence electrons. The molecule has 0 aliphatic carbocycles. The molecule has 0 aliphatic heterocycles. The van der Waals surface area contributed by atoms with Gasteiger partial charge in [-0.2, -0.15) is 18.4 Å². The van der Waals surface area contributed by atoms with Crippen LogP contribution >= 0.6 is 11.8 Å². The maximum atomic E-state index is 14.3. The van der Waals surface area contributed by atoms with Gasteiger partial charge in [-0.15, -0.1) is 11.8 Å². The molecule has 0 bridgehead atoms. The van der Waals surface area contributed by atoms with Gasteiger partial charge in [-0.1, -0.05) is 103 Å². The molecule has 5 rings (SSSR count). The maximum absolute atomic E-state index is 14.3. The summed E-state index contributed by atoms with van der Waals surface area (Å²) in [6, 6.07) is 39.2. The van der Waals surface area contributed by atoms with Gasteiger partial charge >= 0.3 is 6.18 Å². The number of aryl methyl sites for hydroxylation is 2. The smallest absolute Gasteiger partial charge is 0.334 e. The van der Waals surface area contributed by atoms with Crippen LogP contribution in [0.2, 0.25) is 0 Å². The molecular formula is C38H31F3N4OS. The molecule has 0 aliphatic rings. The molecule has 5 aromatic rings. The summed E-state index contributed by atoms with van der Waals surface area (Å²) in [5.74, 6) is -0.894. The van der Waals surface area contributed by atoms with Gasteiger partial charge in [-0.25, -0.2) is 4.98 Å². The molecule has 5 nitrogen and oxygen atoms in total. The summed E-state index contributed by atoms with van der Waals surface area (Å²) in [4.78, 5) is 20.0. The zero-order valence-electron chi connectivity index (χ0n) is 25.9. The number of alkyl halides is 3. The number of likely N-dealkylation sites (N-methyl/N-ethyl adjacent to an activating group) is 1. The van der Waals surface area contributed by atoms with E-state index in [0.29, 0.717) is 5.69 Å². The van der Waals surface area contributed by atoms with Crippen LogP contribution in [0.5, 0.6) is 0 Å². The quantitative estimate of drug-likeness (QED) is 0.128. The molecule has 0 radical (unpaired) electrons. The number of carbonyl (C=O) groups is 1. The van der Waals surface area contributed by atoms with Crippen LogP contribution in [-0.2, 0) is 15.7 Å². The van der Waals surface area contributed by atoms with Gasteiger partial charge in [0.15, 0.2) is 0 Å². The molecule has 4 aromatic carbocycles. The van der Waals surface area contributed by atoms with Crippen molar-refractivity contribution >= 4 is 29.2 Å². The zero-order valence-corrected chi connectivity index (χ0v) is 26.7. The number of anilines is 2. The van der Waals surface area contributed by atoms with Crippen LogP contribution in [0.1, 0.15) is 39.1 Å². The van der Waals surface area contributed by atoms with Crippen molar-refractivity contribution < 1.29 is 18.0 Å². The number of hydrogen-bond donors (Lipinski definition) is 1. The normalized spacial score (nSPS) is 11.9. The highest BCUT2D eigenvalue weighted by atomic mass is 32.2. The molecule has 1 N–H and O–H groups in total. The molecule has 1 aromatic heterocycles. The molecule has 0 saturated carbocycles. The zero-order chi connectivity index (χ0) is 33.6. The summed E-state index contributed by atoms with van der Waals surface area (Å²) >= 11 is 1.32. The third-order valence-electron chi connectivity index (χ3n) is 7.64. The molecule has 9 heteroatoms. The summed E-state index contributed by atoms with van der Waals surface area (Å²) < 4.78 is 41.3. The molecule has 47 heavy (non-hydrogen) atoms. The van der Waals surface area contributed by atoms with Crippen LogP contribution in [0, 0.1) is 25.2 Å². The number of halogens is 3. The first kappa shape index (κ1) is 33.0. The number of nitriles is 1. The molecule has 1 amide bonds. The summed E-state index contributed by atoms with van der Waals surface area (Å²) in [5, 5.41) is 14.3. The fourth-order valence-electron chi connectivity index (χ4n) is 5.37. The van der Waals surface area contributed by atoms with Crippen LogP contribution in [0.15, 0.2) is 132 Å².